The van der Waals surface area contributed by atoms with E-state index in [0.29, 0.717) is 12.1 Å². The summed E-state index contributed by atoms with van der Waals surface area (Å²) in [5.74, 6) is -1.94. The van der Waals surface area contributed by atoms with Crippen molar-refractivity contribution < 1.29 is 49.0 Å². The molecule has 0 N–H and O–H groups in total. The normalized spacial score (nSPS) is 17.7. The van der Waals surface area contributed by atoms with Crippen LogP contribution in [0.3, 0.4) is 0 Å². The molecule has 3 nitrogen and oxygen atoms in total. The lowest BCUT2D eigenvalue weighted by Gasteiger charge is -2.37. The van der Waals surface area contributed by atoms with Gasteiger partial charge in [0.1, 0.15) is 0 Å². The SMILES string of the molecule is CCOC(=O)N1CCC(C(C)c2cc(C(F)(F)F)cc(C(F)(F)F)c2)c2cc(C(F)(F)F)ccc21. The Morgan fingerprint density at radius 2 is 1.46 bits per heavy atom. The Labute approximate surface area is 194 Å². The van der Waals surface area contributed by atoms with Gasteiger partial charge in [0.05, 0.1) is 29.0 Å². The number of fused-ring (bicyclic) bond motifs is 1. The van der Waals surface area contributed by atoms with Crippen molar-refractivity contribution in [2.24, 2.45) is 0 Å². The number of carbonyl (C=O) groups excluding carboxylic acids is 1. The van der Waals surface area contributed by atoms with Gasteiger partial charge in [0.15, 0.2) is 0 Å². The highest BCUT2D eigenvalue weighted by Gasteiger charge is 2.40. The minimum atomic E-state index is -5.07. The van der Waals surface area contributed by atoms with Crippen LogP contribution in [0, 0.1) is 0 Å². The van der Waals surface area contributed by atoms with Gasteiger partial charge in [-0.15, -0.1) is 0 Å². The molecule has 1 amide bonds. The zero-order chi connectivity index (χ0) is 26.3. The van der Waals surface area contributed by atoms with Crippen LogP contribution in [0.4, 0.5) is 50.0 Å². The standard InChI is InChI=1S/C23H20F9NO2/c1-3-35-20(34)33-7-6-17(18-11-14(21(24,25)26)4-5-19(18)33)12(2)13-8-15(22(27,28)29)10-16(9-13)23(30,31)32/h4-5,8-12,17H,3,6-7H2,1-2H3. The molecular weight excluding hydrogens is 493 g/mol. The Morgan fingerprint density at radius 1 is 0.914 bits per heavy atom. The first-order valence-electron chi connectivity index (χ1n) is 10.5. The Hall–Kier alpha value is -2.92. The van der Waals surface area contributed by atoms with Crippen molar-refractivity contribution in [1.29, 1.82) is 0 Å². The van der Waals surface area contributed by atoms with Crippen molar-refractivity contribution >= 4 is 11.8 Å². The number of ether oxygens (including phenoxy) is 1. The summed E-state index contributed by atoms with van der Waals surface area (Å²) in [6, 6.07) is 3.73. The molecule has 0 spiro atoms. The number of benzene rings is 2. The molecule has 0 saturated carbocycles. The van der Waals surface area contributed by atoms with Crippen LogP contribution < -0.4 is 4.90 Å². The molecule has 35 heavy (non-hydrogen) atoms. The van der Waals surface area contributed by atoms with Crippen LogP contribution >= 0.6 is 0 Å². The van der Waals surface area contributed by atoms with Gasteiger partial charge in [0.25, 0.3) is 0 Å². The van der Waals surface area contributed by atoms with E-state index in [1.54, 1.807) is 0 Å². The number of rotatable bonds is 3. The van der Waals surface area contributed by atoms with Crippen molar-refractivity contribution in [1.82, 2.24) is 0 Å². The molecule has 3 rings (SSSR count). The second-order valence-electron chi connectivity index (χ2n) is 8.14. The molecule has 0 bridgehead atoms. The summed E-state index contributed by atoms with van der Waals surface area (Å²) in [5, 5.41) is 0. The molecule has 1 aliphatic rings. The number of hydrogen-bond acceptors (Lipinski definition) is 2. The number of halogens is 9. The lowest BCUT2D eigenvalue weighted by Crippen LogP contribution is -2.38. The predicted molar refractivity (Wildman–Crippen MR) is 108 cm³/mol. The molecule has 0 saturated heterocycles. The molecule has 2 aromatic rings. The van der Waals surface area contributed by atoms with Crippen LogP contribution in [0.1, 0.15) is 59.9 Å². The van der Waals surface area contributed by atoms with E-state index in [1.165, 1.54) is 13.8 Å². The Morgan fingerprint density at radius 3 is 1.94 bits per heavy atom. The third-order valence-corrected chi connectivity index (χ3v) is 5.94. The number of hydrogen-bond donors (Lipinski definition) is 0. The summed E-state index contributed by atoms with van der Waals surface area (Å²) in [6.45, 7) is 2.84. The van der Waals surface area contributed by atoms with Gasteiger partial charge in [0.2, 0.25) is 0 Å². The van der Waals surface area contributed by atoms with Crippen molar-refractivity contribution in [3.63, 3.8) is 0 Å². The fraction of sp³-hybridized carbons (Fsp3) is 0.435. The maximum atomic E-state index is 13.4. The first-order chi connectivity index (χ1) is 16.0. The van der Waals surface area contributed by atoms with Gasteiger partial charge in [-0.2, -0.15) is 39.5 Å². The number of anilines is 1. The molecule has 0 aliphatic carbocycles. The van der Waals surface area contributed by atoms with Crippen LogP contribution in [0.2, 0.25) is 0 Å². The highest BCUT2D eigenvalue weighted by molar-refractivity contribution is 5.89. The Balaban J connectivity index is 2.14. The molecule has 0 aromatic heterocycles. The summed E-state index contributed by atoms with van der Waals surface area (Å²) < 4.78 is 125. The number of carbonyl (C=O) groups is 1. The van der Waals surface area contributed by atoms with E-state index in [0.717, 1.165) is 23.1 Å². The number of alkyl halides is 9. The summed E-state index contributed by atoms with van der Waals surface area (Å²) >= 11 is 0. The summed E-state index contributed by atoms with van der Waals surface area (Å²) in [7, 11) is 0. The molecule has 0 fully saturated rings. The van der Waals surface area contributed by atoms with Crippen molar-refractivity contribution in [2.75, 3.05) is 18.1 Å². The molecule has 1 heterocycles. The molecule has 2 atom stereocenters. The van der Waals surface area contributed by atoms with Gasteiger partial charge in [-0.1, -0.05) is 6.92 Å². The minimum absolute atomic E-state index is 0.00438. The van der Waals surface area contributed by atoms with Gasteiger partial charge < -0.3 is 4.74 Å². The van der Waals surface area contributed by atoms with E-state index >= 15 is 0 Å². The number of amides is 1. The minimum Gasteiger partial charge on any atom is -0.449 e. The fourth-order valence-corrected chi connectivity index (χ4v) is 4.20. The van der Waals surface area contributed by atoms with E-state index < -0.39 is 53.1 Å². The van der Waals surface area contributed by atoms with Crippen LogP contribution in [0.5, 0.6) is 0 Å². The molecular formula is C23H20F9NO2. The highest BCUT2D eigenvalue weighted by Crippen LogP contribution is 2.47. The molecule has 2 aromatic carbocycles. The lowest BCUT2D eigenvalue weighted by atomic mass is 9.76. The second-order valence-corrected chi connectivity index (χ2v) is 8.14. The van der Waals surface area contributed by atoms with Gasteiger partial charge in [-0.3, -0.25) is 4.90 Å². The maximum absolute atomic E-state index is 13.4. The molecule has 192 valence electrons. The predicted octanol–water partition coefficient (Wildman–Crippen LogP) is 8.00. The van der Waals surface area contributed by atoms with E-state index in [1.807, 2.05) is 0 Å². The van der Waals surface area contributed by atoms with Gasteiger partial charge >= 0.3 is 24.6 Å². The van der Waals surface area contributed by atoms with Crippen LogP contribution in [0.25, 0.3) is 0 Å². The quantitative estimate of drug-likeness (QED) is 0.390. The van der Waals surface area contributed by atoms with Gasteiger partial charge in [-0.05, 0) is 72.7 Å². The monoisotopic (exact) mass is 513 g/mol. The van der Waals surface area contributed by atoms with Crippen LogP contribution in [-0.2, 0) is 23.3 Å². The Bertz CT molecular complexity index is 1060. The zero-order valence-corrected chi connectivity index (χ0v) is 18.4. The van der Waals surface area contributed by atoms with Gasteiger partial charge in [0, 0.05) is 6.54 Å². The summed E-state index contributed by atoms with van der Waals surface area (Å²) in [4.78, 5) is 13.4. The average molecular weight is 513 g/mol. The highest BCUT2D eigenvalue weighted by atomic mass is 19.4. The molecule has 1 aliphatic heterocycles. The first kappa shape index (κ1) is 26.7. The topological polar surface area (TPSA) is 29.5 Å². The van der Waals surface area contributed by atoms with E-state index in [9.17, 15) is 44.3 Å². The third kappa shape index (κ3) is 5.67. The molecule has 2 unspecified atom stereocenters. The van der Waals surface area contributed by atoms with Crippen molar-refractivity contribution in [2.45, 2.75) is 50.6 Å². The molecule has 12 heteroatoms. The smallest absolute Gasteiger partial charge is 0.416 e. The number of nitrogens with zero attached hydrogens (tertiary/aromatic N) is 1. The van der Waals surface area contributed by atoms with Crippen molar-refractivity contribution in [3.8, 4) is 0 Å². The fourth-order valence-electron chi connectivity index (χ4n) is 4.20. The largest absolute Gasteiger partial charge is 0.449 e. The lowest BCUT2D eigenvalue weighted by molar-refractivity contribution is -0.143. The zero-order valence-electron chi connectivity index (χ0n) is 18.4. The summed E-state index contributed by atoms with van der Waals surface area (Å²) in [6.07, 6.45) is -15.7. The van der Waals surface area contributed by atoms with Crippen LogP contribution in [0.15, 0.2) is 36.4 Å². The first-order valence-corrected chi connectivity index (χ1v) is 10.5. The summed E-state index contributed by atoms with van der Waals surface area (Å²) in [5.41, 5.74) is -4.37. The van der Waals surface area contributed by atoms with Gasteiger partial charge in [-0.25, -0.2) is 4.79 Å². The van der Waals surface area contributed by atoms with E-state index in [2.05, 4.69) is 0 Å². The van der Waals surface area contributed by atoms with Crippen molar-refractivity contribution in [3.05, 3.63) is 64.2 Å². The van der Waals surface area contributed by atoms with E-state index in [4.69, 9.17) is 4.74 Å². The van der Waals surface area contributed by atoms with Crippen LogP contribution in [-0.4, -0.2) is 19.2 Å². The Kier molecular flexibility index (Phi) is 7.07. The second kappa shape index (κ2) is 9.27. The average Bonchev–Trinajstić information content (AvgIpc) is 2.75. The third-order valence-electron chi connectivity index (χ3n) is 5.94. The maximum Gasteiger partial charge on any atom is 0.416 e. The molecule has 0 radical (unpaired) electrons. The van der Waals surface area contributed by atoms with E-state index in [-0.39, 0.29) is 42.5 Å².